The van der Waals surface area contributed by atoms with Crippen molar-refractivity contribution >= 4 is 46.8 Å². The van der Waals surface area contributed by atoms with Crippen LogP contribution in [-0.2, 0) is 4.79 Å². The Labute approximate surface area is 131 Å². The summed E-state index contributed by atoms with van der Waals surface area (Å²) in [6.45, 7) is 1.84. The molecule has 0 aliphatic rings. The first-order chi connectivity index (χ1) is 9.65. The Bertz CT molecular complexity index is 582. The summed E-state index contributed by atoms with van der Waals surface area (Å²) >= 11 is 8.86. The minimum Gasteiger partial charge on any atom is -0.272 e. The first kappa shape index (κ1) is 15.1. The number of thioether (sulfide) groups is 1. The van der Waals surface area contributed by atoms with E-state index in [-0.39, 0.29) is 11.2 Å². The average molecular weight is 325 g/mol. The molecule has 104 valence electrons. The second-order valence-electron chi connectivity index (χ2n) is 3.96. The monoisotopic (exact) mass is 324 g/mol. The summed E-state index contributed by atoms with van der Waals surface area (Å²) in [5.74, 6) is -0.127. The number of nitrogens with one attached hydrogen (secondary N) is 1. The van der Waals surface area contributed by atoms with E-state index in [9.17, 15) is 4.79 Å². The van der Waals surface area contributed by atoms with Gasteiger partial charge in [-0.25, -0.2) is 5.43 Å². The number of thiophene rings is 1. The fourth-order valence-corrected chi connectivity index (χ4v) is 2.96. The fraction of sp³-hybridized carbons (Fsp3) is 0.143. The summed E-state index contributed by atoms with van der Waals surface area (Å²) < 4.78 is 0. The second kappa shape index (κ2) is 7.47. The van der Waals surface area contributed by atoms with E-state index in [0.717, 1.165) is 9.77 Å². The molecule has 2 rings (SSSR count). The maximum atomic E-state index is 11.9. The van der Waals surface area contributed by atoms with E-state index in [1.54, 1.807) is 17.6 Å². The maximum Gasteiger partial charge on any atom is 0.253 e. The summed E-state index contributed by atoms with van der Waals surface area (Å²) in [6, 6.07) is 11.3. The summed E-state index contributed by atoms with van der Waals surface area (Å²) in [4.78, 5) is 13.9. The molecule has 1 amide bonds. The number of hydrazone groups is 1. The molecule has 20 heavy (non-hydrogen) atoms. The van der Waals surface area contributed by atoms with E-state index in [2.05, 4.69) is 10.5 Å². The van der Waals surface area contributed by atoms with Crippen molar-refractivity contribution in [1.29, 1.82) is 0 Å². The van der Waals surface area contributed by atoms with Gasteiger partial charge in [-0.1, -0.05) is 17.7 Å². The third-order valence-corrected chi connectivity index (χ3v) is 4.58. The van der Waals surface area contributed by atoms with E-state index in [1.807, 2.05) is 48.7 Å². The number of nitrogens with zero attached hydrogens (tertiary/aromatic N) is 1. The molecule has 1 heterocycles. The molecule has 0 saturated heterocycles. The van der Waals surface area contributed by atoms with Crippen LogP contribution >= 0.6 is 34.7 Å². The number of carbonyl (C=O) groups excluding carboxylic acids is 1. The van der Waals surface area contributed by atoms with Crippen LogP contribution in [0.4, 0.5) is 0 Å². The van der Waals surface area contributed by atoms with E-state index >= 15 is 0 Å². The average Bonchev–Trinajstić information content (AvgIpc) is 2.94. The van der Waals surface area contributed by atoms with Gasteiger partial charge in [0.15, 0.2) is 0 Å². The Morgan fingerprint density at radius 2 is 2.15 bits per heavy atom. The Balaban J connectivity index is 1.84. The summed E-state index contributed by atoms with van der Waals surface area (Å²) in [5.41, 5.74) is 2.54. The zero-order valence-corrected chi connectivity index (χ0v) is 13.1. The molecule has 1 aromatic carbocycles. The van der Waals surface area contributed by atoms with Crippen LogP contribution < -0.4 is 5.43 Å². The standard InChI is InChI=1S/C14H13ClN2OS2/c1-10(20-12-6-4-11(15)5-7-12)14(18)17-16-9-13-3-2-8-19-13/h2-10H,1H3,(H,17,18)/b16-9+. The van der Waals surface area contributed by atoms with E-state index < -0.39 is 0 Å². The summed E-state index contributed by atoms with van der Waals surface area (Å²) in [5, 5.41) is 6.36. The minimum atomic E-state index is -0.225. The molecule has 1 unspecified atom stereocenters. The number of rotatable bonds is 5. The van der Waals surface area contributed by atoms with Crippen LogP contribution in [0.25, 0.3) is 0 Å². The van der Waals surface area contributed by atoms with Crippen LogP contribution in [0.2, 0.25) is 5.02 Å². The fourth-order valence-electron chi connectivity index (χ4n) is 1.39. The highest BCUT2D eigenvalue weighted by molar-refractivity contribution is 8.00. The number of carbonyl (C=O) groups is 1. The molecule has 0 bridgehead atoms. The van der Waals surface area contributed by atoms with E-state index in [0.29, 0.717) is 5.02 Å². The van der Waals surface area contributed by atoms with Crippen molar-refractivity contribution in [2.45, 2.75) is 17.1 Å². The Hall–Kier alpha value is -1.30. The van der Waals surface area contributed by atoms with Crippen LogP contribution in [-0.4, -0.2) is 17.4 Å². The van der Waals surface area contributed by atoms with Crippen molar-refractivity contribution in [3.63, 3.8) is 0 Å². The Morgan fingerprint density at radius 1 is 1.40 bits per heavy atom. The Kier molecular flexibility index (Phi) is 5.64. The highest BCUT2D eigenvalue weighted by Gasteiger charge is 2.13. The topological polar surface area (TPSA) is 41.5 Å². The molecule has 0 aliphatic heterocycles. The van der Waals surface area contributed by atoms with Gasteiger partial charge in [0.1, 0.15) is 0 Å². The van der Waals surface area contributed by atoms with Gasteiger partial charge in [0.05, 0.1) is 11.5 Å². The molecule has 0 aliphatic carbocycles. The van der Waals surface area contributed by atoms with Crippen molar-refractivity contribution < 1.29 is 4.79 Å². The van der Waals surface area contributed by atoms with Gasteiger partial charge in [0.2, 0.25) is 0 Å². The number of halogens is 1. The summed E-state index contributed by atoms with van der Waals surface area (Å²) in [7, 11) is 0. The van der Waals surface area contributed by atoms with Gasteiger partial charge in [-0.2, -0.15) is 5.10 Å². The van der Waals surface area contributed by atoms with E-state index in [4.69, 9.17) is 11.6 Å². The Morgan fingerprint density at radius 3 is 2.80 bits per heavy atom. The van der Waals surface area contributed by atoms with E-state index in [1.165, 1.54) is 11.8 Å². The first-order valence-corrected chi connectivity index (χ1v) is 8.07. The van der Waals surface area contributed by atoms with Gasteiger partial charge in [-0.3, -0.25) is 4.79 Å². The molecule has 1 atom stereocenters. The van der Waals surface area contributed by atoms with Gasteiger partial charge in [-0.05, 0) is 42.6 Å². The van der Waals surface area contributed by atoms with Crippen LogP contribution in [0.5, 0.6) is 0 Å². The van der Waals surface area contributed by atoms with Gasteiger partial charge >= 0.3 is 0 Å². The lowest BCUT2D eigenvalue weighted by atomic mass is 10.4. The molecule has 0 spiro atoms. The van der Waals surface area contributed by atoms with Crippen molar-refractivity contribution in [1.82, 2.24) is 5.43 Å². The normalized spacial score (nSPS) is 12.5. The second-order valence-corrected chi connectivity index (χ2v) is 6.79. The lowest BCUT2D eigenvalue weighted by molar-refractivity contribution is -0.120. The van der Waals surface area contributed by atoms with Crippen LogP contribution in [0.15, 0.2) is 51.8 Å². The molecule has 6 heteroatoms. The highest BCUT2D eigenvalue weighted by atomic mass is 35.5. The number of hydrogen-bond donors (Lipinski definition) is 1. The third-order valence-electron chi connectivity index (χ3n) is 2.41. The lowest BCUT2D eigenvalue weighted by Gasteiger charge is -2.09. The number of benzene rings is 1. The molecular formula is C14H13ClN2OS2. The first-order valence-electron chi connectivity index (χ1n) is 5.94. The van der Waals surface area contributed by atoms with Crippen molar-refractivity contribution in [2.24, 2.45) is 5.10 Å². The highest BCUT2D eigenvalue weighted by Crippen LogP contribution is 2.24. The molecule has 0 fully saturated rings. The zero-order valence-electron chi connectivity index (χ0n) is 10.7. The van der Waals surface area contributed by atoms with Crippen LogP contribution in [0, 0.1) is 0 Å². The van der Waals surface area contributed by atoms with Crippen LogP contribution in [0.1, 0.15) is 11.8 Å². The predicted molar refractivity (Wildman–Crippen MR) is 86.8 cm³/mol. The smallest absolute Gasteiger partial charge is 0.253 e. The number of hydrogen-bond acceptors (Lipinski definition) is 4. The van der Waals surface area contributed by atoms with Crippen LogP contribution in [0.3, 0.4) is 0 Å². The van der Waals surface area contributed by atoms with Gasteiger partial charge in [-0.15, -0.1) is 23.1 Å². The molecule has 2 aromatic rings. The van der Waals surface area contributed by atoms with Crippen molar-refractivity contribution in [3.05, 3.63) is 51.7 Å². The quantitative estimate of drug-likeness (QED) is 0.512. The van der Waals surface area contributed by atoms with Gasteiger partial charge in [0.25, 0.3) is 5.91 Å². The molecule has 0 radical (unpaired) electrons. The number of amides is 1. The molecule has 0 saturated carbocycles. The molecule has 3 nitrogen and oxygen atoms in total. The predicted octanol–water partition coefficient (Wildman–Crippen LogP) is 4.03. The maximum absolute atomic E-state index is 11.9. The van der Waals surface area contributed by atoms with Crippen molar-refractivity contribution in [2.75, 3.05) is 0 Å². The largest absolute Gasteiger partial charge is 0.272 e. The molecular weight excluding hydrogens is 312 g/mol. The summed E-state index contributed by atoms with van der Waals surface area (Å²) in [6.07, 6.45) is 1.64. The molecule has 1 aromatic heterocycles. The molecule has 1 N–H and O–H groups in total. The van der Waals surface area contributed by atoms with Gasteiger partial charge in [0, 0.05) is 14.8 Å². The third kappa shape index (κ3) is 4.67. The van der Waals surface area contributed by atoms with Crippen molar-refractivity contribution in [3.8, 4) is 0 Å². The SMILES string of the molecule is CC(Sc1ccc(Cl)cc1)C(=O)N/N=C/c1cccs1. The zero-order chi connectivity index (χ0) is 14.4. The lowest BCUT2D eigenvalue weighted by Crippen LogP contribution is -2.26. The minimum absolute atomic E-state index is 0.127. The van der Waals surface area contributed by atoms with Gasteiger partial charge < -0.3 is 0 Å².